The molecule has 2 heterocycles. The molecule has 0 radical (unpaired) electrons. The molecule has 1 atom stereocenters. The number of hydrogen-bond donors (Lipinski definition) is 0. The van der Waals surface area contributed by atoms with Crippen molar-refractivity contribution in [2.24, 2.45) is 5.11 Å². The Balaban J connectivity index is 2.16. The molecule has 0 saturated heterocycles. The molecule has 0 bridgehead atoms. The summed E-state index contributed by atoms with van der Waals surface area (Å²) < 4.78 is 20.2. The lowest BCUT2D eigenvalue weighted by molar-refractivity contribution is 0.0602. The van der Waals surface area contributed by atoms with Crippen LogP contribution in [0.4, 0.5) is 10.2 Å². The highest BCUT2D eigenvalue weighted by atomic mass is 19.1. The Labute approximate surface area is 142 Å². The van der Waals surface area contributed by atoms with Gasteiger partial charge in [-0.15, -0.1) is 0 Å². The summed E-state index contributed by atoms with van der Waals surface area (Å²) in [6.45, 7) is 1.88. The molecule has 0 amide bonds. The second-order valence-corrected chi connectivity index (χ2v) is 5.39. The van der Waals surface area contributed by atoms with Crippen molar-refractivity contribution >= 4 is 22.7 Å². The highest BCUT2D eigenvalue weighted by Crippen LogP contribution is 2.29. The van der Waals surface area contributed by atoms with E-state index < -0.39 is 11.8 Å². The van der Waals surface area contributed by atoms with Crippen molar-refractivity contribution in [2.45, 2.75) is 13.0 Å². The third-order valence-electron chi connectivity index (χ3n) is 3.95. The highest BCUT2D eigenvalue weighted by molar-refractivity contribution is 6.04. The Kier molecular flexibility index (Phi) is 4.36. The van der Waals surface area contributed by atoms with E-state index in [4.69, 9.17) is 10.3 Å². The van der Waals surface area contributed by atoms with Crippen molar-refractivity contribution in [3.63, 3.8) is 0 Å². The molecule has 0 fully saturated rings. The zero-order valence-corrected chi connectivity index (χ0v) is 13.5. The molecule has 1 aromatic carbocycles. The fourth-order valence-corrected chi connectivity index (χ4v) is 2.74. The van der Waals surface area contributed by atoms with Gasteiger partial charge in [-0.3, -0.25) is 0 Å². The van der Waals surface area contributed by atoms with E-state index >= 15 is 0 Å². The molecule has 7 nitrogen and oxygen atoms in total. The number of carbonyl (C=O) groups excluding carboxylic acids is 1. The van der Waals surface area contributed by atoms with Gasteiger partial charge in [0.25, 0.3) is 0 Å². The third kappa shape index (κ3) is 3.02. The molecule has 2 aromatic heterocycles. The number of aromatic nitrogens is 2. The minimum Gasteiger partial charge on any atom is -0.465 e. The van der Waals surface area contributed by atoms with Crippen LogP contribution in [0.3, 0.4) is 0 Å². The topological polar surface area (TPSA) is 92.9 Å². The average Bonchev–Trinajstić information content (AvgIpc) is 2.99. The van der Waals surface area contributed by atoms with E-state index in [9.17, 15) is 9.18 Å². The molecule has 8 heteroatoms. The summed E-state index contributed by atoms with van der Waals surface area (Å²) in [5, 5.41) is 3.96. The maximum absolute atomic E-state index is 13.6. The first-order valence-corrected chi connectivity index (χ1v) is 7.45. The van der Waals surface area contributed by atoms with E-state index in [1.165, 1.54) is 19.2 Å². The Morgan fingerprint density at radius 2 is 2.20 bits per heavy atom. The zero-order valence-electron chi connectivity index (χ0n) is 13.5. The number of halogens is 1. The molecule has 0 N–H and O–H groups in total. The normalized spacial score (nSPS) is 11.8. The Bertz CT molecular complexity index is 1010. The van der Waals surface area contributed by atoms with Gasteiger partial charge in [-0.2, -0.15) is 0 Å². The number of fused-ring (bicyclic) bond motifs is 1. The lowest BCUT2D eigenvalue weighted by Crippen LogP contribution is -2.07. The summed E-state index contributed by atoms with van der Waals surface area (Å²) >= 11 is 0. The van der Waals surface area contributed by atoms with Crippen LogP contribution < -0.4 is 0 Å². The Morgan fingerprint density at radius 3 is 2.92 bits per heavy atom. The number of esters is 1. The predicted molar refractivity (Wildman–Crippen MR) is 90.1 cm³/mol. The summed E-state index contributed by atoms with van der Waals surface area (Å²) in [7, 11) is 1.28. The molecule has 1 unspecified atom stereocenters. The summed E-state index contributed by atoms with van der Waals surface area (Å²) in [6.07, 6.45) is 1.61. The van der Waals surface area contributed by atoms with Crippen LogP contribution in [0.1, 0.15) is 29.0 Å². The van der Waals surface area contributed by atoms with Gasteiger partial charge in [0.1, 0.15) is 11.6 Å². The average molecular weight is 339 g/mol. The second-order valence-electron chi connectivity index (χ2n) is 5.39. The number of carbonyl (C=O) groups is 1. The van der Waals surface area contributed by atoms with Gasteiger partial charge in [-0.1, -0.05) is 6.07 Å². The molecule has 3 rings (SSSR count). The summed E-state index contributed by atoms with van der Waals surface area (Å²) in [6, 6.07) is 9.07. The molecule has 25 heavy (non-hydrogen) atoms. The van der Waals surface area contributed by atoms with E-state index in [0.717, 1.165) is 0 Å². The number of azide groups is 1. The van der Waals surface area contributed by atoms with Gasteiger partial charge in [-0.25, -0.2) is 14.2 Å². The maximum atomic E-state index is 13.6. The second kappa shape index (κ2) is 6.62. The van der Waals surface area contributed by atoms with Crippen LogP contribution >= 0.6 is 0 Å². The predicted octanol–water partition coefficient (Wildman–Crippen LogP) is 4.51. The molecule has 0 spiro atoms. The largest absolute Gasteiger partial charge is 0.465 e. The Hall–Kier alpha value is -3.38. The fourth-order valence-electron chi connectivity index (χ4n) is 2.74. The van der Waals surface area contributed by atoms with Gasteiger partial charge in [-0.05, 0) is 47.9 Å². The van der Waals surface area contributed by atoms with E-state index in [0.29, 0.717) is 16.6 Å². The van der Waals surface area contributed by atoms with Gasteiger partial charge in [0.05, 0.1) is 24.4 Å². The Morgan fingerprint density at radius 1 is 1.40 bits per heavy atom. The highest BCUT2D eigenvalue weighted by Gasteiger charge is 2.20. The maximum Gasteiger partial charge on any atom is 0.340 e. The molecule has 0 saturated carbocycles. The van der Waals surface area contributed by atoms with Crippen LogP contribution in [0.2, 0.25) is 0 Å². The SMILES string of the molecule is COC(=O)c1cn(C(C)c2cccc(N=[N+]=[N-])n2)c2ccc(F)cc12. The standard InChI is InChI=1S/C17H14FN5O2/c1-10(14-4-3-5-16(20-14)21-22-19)23-9-13(17(24)25-2)12-8-11(18)6-7-15(12)23/h3-10H,1-2H3. The van der Waals surface area contributed by atoms with Crippen molar-refractivity contribution < 1.29 is 13.9 Å². The molecule has 0 aliphatic rings. The first-order valence-electron chi connectivity index (χ1n) is 7.45. The lowest BCUT2D eigenvalue weighted by atomic mass is 10.1. The van der Waals surface area contributed by atoms with Crippen molar-refractivity contribution in [1.29, 1.82) is 0 Å². The molecule has 0 aliphatic carbocycles. The third-order valence-corrected chi connectivity index (χ3v) is 3.95. The van der Waals surface area contributed by atoms with E-state index in [1.807, 2.05) is 11.5 Å². The number of nitrogens with zero attached hydrogens (tertiary/aromatic N) is 5. The summed E-state index contributed by atoms with van der Waals surface area (Å²) in [5.74, 6) is -0.730. The van der Waals surface area contributed by atoms with E-state index in [1.54, 1.807) is 30.5 Å². The number of ether oxygens (including phenoxy) is 1. The molecule has 3 aromatic rings. The van der Waals surface area contributed by atoms with Crippen LogP contribution in [-0.2, 0) is 4.74 Å². The van der Waals surface area contributed by atoms with E-state index in [-0.39, 0.29) is 17.4 Å². The number of rotatable bonds is 4. The van der Waals surface area contributed by atoms with Crippen molar-refractivity contribution in [3.05, 3.63) is 70.1 Å². The number of benzene rings is 1. The molecular formula is C17H14FN5O2. The van der Waals surface area contributed by atoms with Gasteiger partial charge >= 0.3 is 5.97 Å². The number of methoxy groups -OCH3 is 1. The van der Waals surface area contributed by atoms with Crippen LogP contribution in [0, 0.1) is 5.82 Å². The minimum atomic E-state index is -0.544. The van der Waals surface area contributed by atoms with Crippen LogP contribution in [0.15, 0.2) is 47.7 Å². The quantitative estimate of drug-likeness (QED) is 0.303. The fraction of sp³-hybridized carbons (Fsp3) is 0.176. The minimum absolute atomic E-state index is 0.252. The number of pyridine rings is 1. The smallest absolute Gasteiger partial charge is 0.340 e. The number of hydrogen-bond acceptors (Lipinski definition) is 4. The monoisotopic (exact) mass is 339 g/mol. The lowest BCUT2D eigenvalue weighted by Gasteiger charge is -2.15. The van der Waals surface area contributed by atoms with Crippen molar-refractivity contribution in [3.8, 4) is 0 Å². The van der Waals surface area contributed by atoms with E-state index in [2.05, 4.69) is 15.0 Å². The summed E-state index contributed by atoms with van der Waals surface area (Å²) in [5.41, 5.74) is 10.1. The van der Waals surface area contributed by atoms with Gasteiger partial charge < -0.3 is 9.30 Å². The van der Waals surface area contributed by atoms with Crippen LogP contribution in [-0.4, -0.2) is 22.6 Å². The van der Waals surface area contributed by atoms with Crippen LogP contribution in [0.5, 0.6) is 0 Å². The van der Waals surface area contributed by atoms with Gasteiger partial charge in [0.2, 0.25) is 0 Å². The molecular weight excluding hydrogens is 325 g/mol. The molecule has 126 valence electrons. The first kappa shape index (κ1) is 16.5. The van der Waals surface area contributed by atoms with Crippen molar-refractivity contribution in [2.75, 3.05) is 7.11 Å². The van der Waals surface area contributed by atoms with Gasteiger partial charge in [0.15, 0.2) is 0 Å². The zero-order chi connectivity index (χ0) is 18.0. The van der Waals surface area contributed by atoms with Crippen molar-refractivity contribution in [1.82, 2.24) is 9.55 Å². The van der Waals surface area contributed by atoms with Crippen LogP contribution in [0.25, 0.3) is 21.3 Å². The molecule has 0 aliphatic heterocycles. The van der Waals surface area contributed by atoms with Gasteiger partial charge in [0, 0.05) is 22.0 Å². The summed E-state index contributed by atoms with van der Waals surface area (Å²) in [4.78, 5) is 19.1. The first-order chi connectivity index (χ1) is 12.0.